The van der Waals surface area contributed by atoms with Crippen LogP contribution in [-0.4, -0.2) is 42.5 Å². The SMILES string of the molecule is CC=C1CN2[C@H]3CC45c6ccccc6N[C@@]4(O3)[C@H]2C[C@@H]1C5C(=O)OC. The van der Waals surface area contributed by atoms with Crippen molar-refractivity contribution in [2.75, 3.05) is 19.0 Å². The van der Waals surface area contributed by atoms with E-state index in [1.54, 1.807) is 0 Å². The predicted octanol–water partition coefficient (Wildman–Crippen LogP) is 2.25. The molecule has 1 saturated carbocycles. The maximum atomic E-state index is 13.1. The lowest BCUT2D eigenvalue weighted by atomic mass is 9.49. The Hall–Kier alpha value is -1.85. The van der Waals surface area contributed by atoms with Crippen LogP contribution in [-0.2, 0) is 19.7 Å². The highest BCUT2D eigenvalue weighted by atomic mass is 16.6. The van der Waals surface area contributed by atoms with E-state index >= 15 is 0 Å². The summed E-state index contributed by atoms with van der Waals surface area (Å²) in [5, 5.41) is 3.73. The third-order valence-electron chi connectivity index (χ3n) is 7.53. The highest BCUT2D eigenvalue weighted by Gasteiger charge is 2.82. The first-order valence-corrected chi connectivity index (χ1v) is 9.20. The number of rotatable bonds is 1. The molecule has 1 aliphatic carbocycles. The number of anilines is 1. The van der Waals surface area contributed by atoms with Gasteiger partial charge in [-0.15, -0.1) is 0 Å². The van der Waals surface area contributed by atoms with Gasteiger partial charge in [-0.25, -0.2) is 0 Å². The molecule has 130 valence electrons. The third-order valence-corrected chi connectivity index (χ3v) is 7.53. The van der Waals surface area contributed by atoms with Gasteiger partial charge < -0.3 is 14.8 Å². The number of allylic oxidation sites excluding steroid dienone is 1. The summed E-state index contributed by atoms with van der Waals surface area (Å²) in [6, 6.07) is 8.74. The van der Waals surface area contributed by atoms with Gasteiger partial charge in [0.25, 0.3) is 0 Å². The molecule has 5 nitrogen and oxygen atoms in total. The van der Waals surface area contributed by atoms with Crippen molar-refractivity contribution in [2.24, 2.45) is 11.8 Å². The van der Waals surface area contributed by atoms with Crippen LogP contribution < -0.4 is 5.32 Å². The van der Waals surface area contributed by atoms with Crippen molar-refractivity contribution in [3.8, 4) is 0 Å². The molecule has 1 aromatic carbocycles. The first kappa shape index (κ1) is 14.3. The Balaban J connectivity index is 1.67. The van der Waals surface area contributed by atoms with E-state index in [0.29, 0.717) is 6.04 Å². The molecule has 2 unspecified atom stereocenters. The summed E-state index contributed by atoms with van der Waals surface area (Å²) in [4.78, 5) is 15.6. The average molecular weight is 338 g/mol. The Kier molecular flexibility index (Phi) is 2.45. The Morgan fingerprint density at radius 2 is 2.28 bits per heavy atom. The Bertz CT molecular complexity index is 836. The summed E-state index contributed by atoms with van der Waals surface area (Å²) in [6.45, 7) is 2.99. The maximum absolute atomic E-state index is 13.1. The van der Waals surface area contributed by atoms with Gasteiger partial charge in [0, 0.05) is 18.7 Å². The summed E-state index contributed by atoms with van der Waals surface area (Å²) in [5.41, 5.74) is 2.89. The van der Waals surface area contributed by atoms with Crippen LogP contribution in [0, 0.1) is 11.8 Å². The predicted molar refractivity (Wildman–Crippen MR) is 91.8 cm³/mol. The van der Waals surface area contributed by atoms with Crippen LogP contribution in [0.2, 0.25) is 0 Å². The van der Waals surface area contributed by atoms with Crippen molar-refractivity contribution in [1.82, 2.24) is 4.90 Å². The molecule has 5 heteroatoms. The summed E-state index contributed by atoms with van der Waals surface area (Å²) in [7, 11) is 1.52. The van der Waals surface area contributed by atoms with Crippen molar-refractivity contribution in [1.29, 1.82) is 0 Å². The number of nitrogens with zero attached hydrogens (tertiary/aromatic N) is 1. The molecular weight excluding hydrogens is 316 g/mol. The molecule has 4 fully saturated rings. The summed E-state index contributed by atoms with van der Waals surface area (Å²) >= 11 is 0. The number of carbonyl (C=O) groups excluding carboxylic acids is 1. The van der Waals surface area contributed by atoms with E-state index in [2.05, 4.69) is 47.5 Å². The molecule has 4 bridgehead atoms. The zero-order valence-corrected chi connectivity index (χ0v) is 14.5. The van der Waals surface area contributed by atoms with Gasteiger partial charge in [-0.05, 0) is 30.9 Å². The summed E-state index contributed by atoms with van der Waals surface area (Å²) < 4.78 is 12.0. The Morgan fingerprint density at radius 3 is 3.08 bits per heavy atom. The van der Waals surface area contributed by atoms with Gasteiger partial charge >= 0.3 is 5.97 Å². The fourth-order valence-electron chi connectivity index (χ4n) is 6.75. The van der Waals surface area contributed by atoms with Gasteiger partial charge in [-0.2, -0.15) is 0 Å². The molecule has 1 spiro atoms. The van der Waals surface area contributed by atoms with E-state index in [-0.39, 0.29) is 29.4 Å². The third kappa shape index (κ3) is 1.30. The standard InChI is InChI=1S/C20H22N2O3/c1-3-11-10-22-15-8-12(11)17(18(23)24-2)19-9-16(22)25-20(15,19)21-14-7-5-4-6-13(14)19/h3-7,12,15-17,21H,8-10H2,1-2H3/t12-,15+,16+,17?,19?,20+/m0/s1. The number of benzene rings is 1. The molecular formula is C20H22N2O3. The normalized spacial score (nSPS) is 46.9. The largest absolute Gasteiger partial charge is 0.469 e. The number of nitrogens with one attached hydrogen (secondary N) is 1. The van der Waals surface area contributed by atoms with Crippen molar-refractivity contribution >= 4 is 11.7 Å². The number of hydrogen-bond donors (Lipinski definition) is 1. The molecule has 0 amide bonds. The number of methoxy groups -OCH3 is 1. The second kappa shape index (κ2) is 4.27. The molecule has 0 aromatic heterocycles. The fourth-order valence-corrected chi connectivity index (χ4v) is 6.75. The number of hydrogen-bond acceptors (Lipinski definition) is 5. The monoisotopic (exact) mass is 338 g/mol. The van der Waals surface area contributed by atoms with E-state index in [4.69, 9.17) is 9.47 Å². The molecule has 1 N–H and O–H groups in total. The molecule has 1 aromatic rings. The lowest BCUT2D eigenvalue weighted by molar-refractivity contribution is -0.161. The molecule has 0 radical (unpaired) electrons. The minimum atomic E-state index is -0.490. The van der Waals surface area contributed by atoms with Crippen molar-refractivity contribution in [2.45, 2.75) is 43.2 Å². The second-order valence-corrected chi connectivity index (χ2v) is 8.05. The lowest BCUT2D eigenvalue weighted by Crippen LogP contribution is -2.73. The zero-order chi connectivity index (χ0) is 17.0. The zero-order valence-electron chi connectivity index (χ0n) is 14.5. The van der Waals surface area contributed by atoms with E-state index < -0.39 is 5.72 Å². The van der Waals surface area contributed by atoms with Gasteiger partial charge in [0.05, 0.1) is 24.5 Å². The quantitative estimate of drug-likeness (QED) is 0.629. The number of fused-ring (bicyclic) bond motifs is 4. The summed E-state index contributed by atoms with van der Waals surface area (Å²) in [5.74, 6) is -0.0451. The highest BCUT2D eigenvalue weighted by Crippen LogP contribution is 2.72. The Morgan fingerprint density at radius 1 is 1.44 bits per heavy atom. The smallest absolute Gasteiger partial charge is 0.310 e. The first-order chi connectivity index (χ1) is 12.2. The van der Waals surface area contributed by atoms with Crippen LogP contribution in [0.15, 0.2) is 35.9 Å². The van der Waals surface area contributed by atoms with Gasteiger partial charge in [0.1, 0.15) is 6.23 Å². The number of para-hydroxylation sites is 1. The highest BCUT2D eigenvalue weighted by molar-refractivity contribution is 5.81. The van der Waals surface area contributed by atoms with E-state index in [9.17, 15) is 4.79 Å². The number of piperidine rings is 2. The van der Waals surface area contributed by atoms with Crippen LogP contribution in [0.1, 0.15) is 25.3 Å². The maximum Gasteiger partial charge on any atom is 0.310 e. The van der Waals surface area contributed by atoms with Crippen LogP contribution in [0.3, 0.4) is 0 Å². The average Bonchev–Trinajstić information content (AvgIpc) is 3.22. The second-order valence-electron chi connectivity index (χ2n) is 8.05. The van der Waals surface area contributed by atoms with Crippen LogP contribution in [0.5, 0.6) is 0 Å². The van der Waals surface area contributed by atoms with E-state index in [0.717, 1.165) is 25.1 Å². The number of ether oxygens (including phenoxy) is 2. The topological polar surface area (TPSA) is 50.8 Å². The minimum Gasteiger partial charge on any atom is -0.469 e. The van der Waals surface area contributed by atoms with Crippen LogP contribution in [0.4, 0.5) is 5.69 Å². The molecule has 4 aliphatic heterocycles. The molecule has 6 rings (SSSR count). The van der Waals surface area contributed by atoms with E-state index in [1.165, 1.54) is 18.2 Å². The first-order valence-electron chi connectivity index (χ1n) is 9.20. The van der Waals surface area contributed by atoms with Gasteiger partial charge in [-0.1, -0.05) is 29.8 Å². The van der Waals surface area contributed by atoms with Crippen molar-refractivity contribution < 1.29 is 14.3 Å². The molecule has 25 heavy (non-hydrogen) atoms. The summed E-state index contributed by atoms with van der Waals surface area (Å²) in [6.07, 6.45) is 4.10. The van der Waals surface area contributed by atoms with E-state index in [1.807, 2.05) is 0 Å². The van der Waals surface area contributed by atoms with Gasteiger partial charge in [0.2, 0.25) is 0 Å². The molecule has 3 saturated heterocycles. The van der Waals surface area contributed by atoms with Gasteiger partial charge in [-0.3, -0.25) is 9.69 Å². The van der Waals surface area contributed by atoms with Crippen molar-refractivity contribution in [3.05, 3.63) is 41.5 Å². The molecule has 4 heterocycles. The number of esters is 1. The minimum absolute atomic E-state index is 0.0780. The van der Waals surface area contributed by atoms with Crippen molar-refractivity contribution in [3.63, 3.8) is 0 Å². The lowest BCUT2D eigenvalue weighted by Gasteiger charge is -2.60. The molecule has 5 aliphatic rings. The Labute approximate surface area is 147 Å². The number of carbonyl (C=O) groups is 1. The molecule has 6 atom stereocenters. The van der Waals surface area contributed by atoms with Gasteiger partial charge in [0.15, 0.2) is 5.72 Å². The van der Waals surface area contributed by atoms with Crippen LogP contribution in [0.25, 0.3) is 0 Å². The fraction of sp³-hybridized carbons (Fsp3) is 0.550. The van der Waals surface area contributed by atoms with Crippen LogP contribution >= 0.6 is 0 Å².